The number of ether oxygens (including phenoxy) is 1. The fourth-order valence-electron chi connectivity index (χ4n) is 1.28. The van der Waals surface area contributed by atoms with Crippen molar-refractivity contribution >= 4 is 15.9 Å². The summed E-state index contributed by atoms with van der Waals surface area (Å²) in [5.41, 5.74) is 2.12. The number of aromatic nitrogens is 2. The predicted octanol–water partition coefficient (Wildman–Crippen LogP) is 2.91. The number of methoxy groups -OCH3 is 1. The SMILES string of the molecule is COc1ccc(-c2cnnc(Br)c2)cc1. The standard InChI is InChI=1S/C11H9BrN2O/c1-15-10-4-2-8(3-5-10)9-6-11(12)14-13-7-9/h2-7H,1H3. The maximum absolute atomic E-state index is 5.09. The molecule has 0 aliphatic heterocycles. The van der Waals surface area contributed by atoms with Gasteiger partial charge in [-0.1, -0.05) is 12.1 Å². The number of nitrogens with zero attached hydrogens (tertiary/aromatic N) is 2. The molecule has 0 spiro atoms. The van der Waals surface area contributed by atoms with Gasteiger partial charge in [-0.25, -0.2) is 0 Å². The van der Waals surface area contributed by atoms with E-state index >= 15 is 0 Å². The van der Waals surface area contributed by atoms with E-state index in [2.05, 4.69) is 26.1 Å². The van der Waals surface area contributed by atoms with Crippen molar-refractivity contribution in [2.24, 2.45) is 0 Å². The molecule has 0 aliphatic rings. The van der Waals surface area contributed by atoms with Crippen LogP contribution in [0, 0.1) is 0 Å². The average molecular weight is 265 g/mol. The highest BCUT2D eigenvalue weighted by Gasteiger charge is 1.99. The summed E-state index contributed by atoms with van der Waals surface area (Å²) >= 11 is 3.29. The molecule has 0 fully saturated rings. The van der Waals surface area contributed by atoms with E-state index in [-0.39, 0.29) is 0 Å². The van der Waals surface area contributed by atoms with E-state index < -0.39 is 0 Å². The smallest absolute Gasteiger partial charge is 0.129 e. The van der Waals surface area contributed by atoms with Gasteiger partial charge in [0.15, 0.2) is 0 Å². The molecule has 0 unspecified atom stereocenters. The molecule has 0 atom stereocenters. The molecule has 1 aromatic heterocycles. The van der Waals surface area contributed by atoms with Crippen LogP contribution in [-0.4, -0.2) is 17.3 Å². The molecule has 15 heavy (non-hydrogen) atoms. The van der Waals surface area contributed by atoms with Crippen LogP contribution in [0.4, 0.5) is 0 Å². The molecule has 76 valence electrons. The molecular weight excluding hydrogens is 256 g/mol. The maximum Gasteiger partial charge on any atom is 0.129 e. The highest BCUT2D eigenvalue weighted by Crippen LogP contribution is 2.22. The first-order valence-electron chi connectivity index (χ1n) is 4.42. The largest absolute Gasteiger partial charge is 0.497 e. The molecular formula is C11H9BrN2O. The highest BCUT2D eigenvalue weighted by molar-refractivity contribution is 9.10. The van der Waals surface area contributed by atoms with Crippen LogP contribution in [-0.2, 0) is 0 Å². The van der Waals surface area contributed by atoms with E-state index in [0.29, 0.717) is 0 Å². The number of rotatable bonds is 2. The Hall–Kier alpha value is -1.42. The summed E-state index contributed by atoms with van der Waals surface area (Å²) in [6, 6.07) is 9.74. The molecule has 0 amide bonds. The third-order valence-corrected chi connectivity index (χ3v) is 2.44. The van der Waals surface area contributed by atoms with Crippen LogP contribution in [0.2, 0.25) is 0 Å². The Morgan fingerprint density at radius 2 is 1.87 bits per heavy atom. The monoisotopic (exact) mass is 264 g/mol. The molecule has 0 saturated heterocycles. The molecule has 0 radical (unpaired) electrons. The van der Waals surface area contributed by atoms with Gasteiger partial charge in [0.25, 0.3) is 0 Å². The summed E-state index contributed by atoms with van der Waals surface area (Å²) in [5.74, 6) is 0.847. The molecule has 2 rings (SSSR count). The van der Waals surface area contributed by atoms with Gasteiger partial charge in [0.05, 0.1) is 13.3 Å². The molecule has 3 nitrogen and oxygen atoms in total. The van der Waals surface area contributed by atoms with Crippen molar-refractivity contribution in [2.45, 2.75) is 0 Å². The molecule has 4 heteroatoms. The fourth-order valence-corrected chi connectivity index (χ4v) is 1.62. The Labute approximate surface area is 96.2 Å². The molecule has 0 aliphatic carbocycles. The minimum absolute atomic E-state index is 0.732. The van der Waals surface area contributed by atoms with Gasteiger partial charge >= 0.3 is 0 Å². The quantitative estimate of drug-likeness (QED) is 0.837. The summed E-state index contributed by atoms with van der Waals surface area (Å²) in [5, 5.41) is 7.72. The maximum atomic E-state index is 5.09. The highest BCUT2D eigenvalue weighted by atomic mass is 79.9. The molecule has 1 aromatic carbocycles. The lowest BCUT2D eigenvalue weighted by molar-refractivity contribution is 0.415. The minimum Gasteiger partial charge on any atom is -0.497 e. The van der Waals surface area contributed by atoms with Crippen molar-refractivity contribution in [3.63, 3.8) is 0 Å². The fraction of sp³-hybridized carbons (Fsp3) is 0.0909. The van der Waals surface area contributed by atoms with E-state index in [1.165, 1.54) is 0 Å². The second kappa shape index (κ2) is 4.40. The zero-order valence-electron chi connectivity index (χ0n) is 8.14. The second-order valence-electron chi connectivity index (χ2n) is 3.00. The Morgan fingerprint density at radius 3 is 2.47 bits per heavy atom. The van der Waals surface area contributed by atoms with Gasteiger partial charge in [0, 0.05) is 5.56 Å². The number of halogens is 1. The van der Waals surface area contributed by atoms with E-state index in [4.69, 9.17) is 4.74 Å². The zero-order chi connectivity index (χ0) is 10.7. The van der Waals surface area contributed by atoms with Crippen molar-refractivity contribution in [1.82, 2.24) is 10.2 Å². The lowest BCUT2D eigenvalue weighted by Crippen LogP contribution is -1.86. The van der Waals surface area contributed by atoms with Gasteiger partial charge in [-0.15, -0.1) is 5.10 Å². The summed E-state index contributed by atoms with van der Waals surface area (Å²) in [6.45, 7) is 0. The van der Waals surface area contributed by atoms with Crippen molar-refractivity contribution in [3.8, 4) is 16.9 Å². The predicted molar refractivity (Wildman–Crippen MR) is 61.7 cm³/mol. The van der Waals surface area contributed by atoms with Crippen molar-refractivity contribution < 1.29 is 4.74 Å². The van der Waals surface area contributed by atoms with Crippen LogP contribution in [0.25, 0.3) is 11.1 Å². The van der Waals surface area contributed by atoms with E-state index in [1.807, 2.05) is 30.3 Å². The van der Waals surface area contributed by atoms with Crippen LogP contribution in [0.1, 0.15) is 0 Å². The van der Waals surface area contributed by atoms with Crippen LogP contribution < -0.4 is 4.74 Å². The number of benzene rings is 1. The van der Waals surface area contributed by atoms with Crippen LogP contribution in [0.3, 0.4) is 0 Å². The number of hydrogen-bond acceptors (Lipinski definition) is 3. The first kappa shape index (κ1) is 10.1. The van der Waals surface area contributed by atoms with Crippen LogP contribution in [0.15, 0.2) is 41.1 Å². The minimum atomic E-state index is 0.732. The normalized spacial score (nSPS) is 10.0. The van der Waals surface area contributed by atoms with Crippen molar-refractivity contribution in [3.05, 3.63) is 41.1 Å². The Morgan fingerprint density at radius 1 is 1.13 bits per heavy atom. The zero-order valence-corrected chi connectivity index (χ0v) is 9.73. The van der Waals surface area contributed by atoms with E-state index in [9.17, 15) is 0 Å². The lowest BCUT2D eigenvalue weighted by Gasteiger charge is -2.02. The second-order valence-corrected chi connectivity index (χ2v) is 3.81. The molecule has 0 bridgehead atoms. The average Bonchev–Trinajstić information content (AvgIpc) is 2.29. The molecule has 1 heterocycles. The van der Waals surface area contributed by atoms with Gasteiger partial charge in [0.1, 0.15) is 10.4 Å². The summed E-state index contributed by atoms with van der Waals surface area (Å²) < 4.78 is 5.82. The van der Waals surface area contributed by atoms with Gasteiger partial charge in [-0.05, 0) is 39.7 Å². The Balaban J connectivity index is 2.37. The molecule has 0 saturated carbocycles. The van der Waals surface area contributed by atoms with Crippen LogP contribution in [0.5, 0.6) is 5.75 Å². The topological polar surface area (TPSA) is 35.0 Å². The first-order chi connectivity index (χ1) is 7.29. The first-order valence-corrected chi connectivity index (χ1v) is 5.21. The van der Waals surface area contributed by atoms with Crippen molar-refractivity contribution in [1.29, 1.82) is 0 Å². The summed E-state index contributed by atoms with van der Waals surface area (Å²) in [7, 11) is 1.65. The molecule has 0 N–H and O–H groups in total. The van der Waals surface area contributed by atoms with Gasteiger partial charge in [-0.2, -0.15) is 5.10 Å². The molecule has 2 aromatic rings. The van der Waals surface area contributed by atoms with Gasteiger partial charge in [0.2, 0.25) is 0 Å². The Bertz CT molecular complexity index is 456. The Kier molecular flexibility index (Phi) is 2.97. The van der Waals surface area contributed by atoms with E-state index in [0.717, 1.165) is 21.5 Å². The van der Waals surface area contributed by atoms with Gasteiger partial charge in [-0.3, -0.25) is 0 Å². The number of hydrogen-bond donors (Lipinski definition) is 0. The lowest BCUT2D eigenvalue weighted by atomic mass is 10.1. The third kappa shape index (κ3) is 2.33. The van der Waals surface area contributed by atoms with Gasteiger partial charge < -0.3 is 4.74 Å². The summed E-state index contributed by atoms with van der Waals surface area (Å²) in [6.07, 6.45) is 1.73. The summed E-state index contributed by atoms with van der Waals surface area (Å²) in [4.78, 5) is 0. The van der Waals surface area contributed by atoms with Crippen molar-refractivity contribution in [2.75, 3.05) is 7.11 Å². The van der Waals surface area contributed by atoms with E-state index in [1.54, 1.807) is 13.3 Å². The third-order valence-electron chi connectivity index (χ3n) is 2.05. The van der Waals surface area contributed by atoms with Crippen LogP contribution >= 0.6 is 15.9 Å².